The first-order valence-electron chi connectivity index (χ1n) is 5.67. The molecule has 0 spiro atoms. The maximum atomic E-state index is 8.88. The van der Waals surface area contributed by atoms with E-state index in [0.29, 0.717) is 43.0 Å². The SMILES string of the molecule is N#Cc1ccc(Nc2c(Cl)cc(Cl)c3nsnc23)cc1Cl. The Hall–Kier alpha value is -1.58. The molecule has 0 radical (unpaired) electrons. The van der Waals surface area contributed by atoms with Crippen molar-refractivity contribution in [2.45, 2.75) is 0 Å². The van der Waals surface area contributed by atoms with Crippen molar-refractivity contribution in [3.05, 3.63) is 44.9 Å². The zero-order valence-corrected chi connectivity index (χ0v) is 13.3. The summed E-state index contributed by atoms with van der Waals surface area (Å²) < 4.78 is 8.34. The maximum Gasteiger partial charge on any atom is 0.131 e. The van der Waals surface area contributed by atoms with E-state index in [1.807, 2.05) is 6.07 Å². The minimum atomic E-state index is 0.361. The number of benzene rings is 2. The molecule has 0 aliphatic rings. The number of nitriles is 1. The Morgan fingerprint density at radius 2 is 1.76 bits per heavy atom. The molecule has 104 valence electrons. The number of nitrogens with zero attached hydrogens (tertiary/aromatic N) is 3. The van der Waals surface area contributed by atoms with Gasteiger partial charge in [-0.05, 0) is 24.3 Å². The fourth-order valence-corrected chi connectivity index (χ4v) is 3.20. The number of halogens is 3. The van der Waals surface area contributed by atoms with E-state index in [-0.39, 0.29) is 0 Å². The number of hydrogen-bond acceptors (Lipinski definition) is 5. The molecule has 0 amide bonds. The molecule has 0 bridgehead atoms. The highest BCUT2D eigenvalue weighted by Crippen LogP contribution is 2.37. The van der Waals surface area contributed by atoms with Gasteiger partial charge in [0.2, 0.25) is 0 Å². The number of fused-ring (bicyclic) bond motifs is 1. The minimum absolute atomic E-state index is 0.361. The molecule has 0 saturated carbocycles. The van der Waals surface area contributed by atoms with E-state index in [9.17, 15) is 0 Å². The second kappa shape index (κ2) is 5.66. The average Bonchev–Trinajstić information content (AvgIpc) is 2.93. The molecule has 3 aromatic rings. The number of anilines is 2. The molecule has 0 unspecified atom stereocenters. The zero-order chi connectivity index (χ0) is 15.0. The average molecular weight is 356 g/mol. The summed E-state index contributed by atoms with van der Waals surface area (Å²) in [5.74, 6) is 0. The number of nitrogens with one attached hydrogen (secondary N) is 1. The van der Waals surface area contributed by atoms with Crippen molar-refractivity contribution >= 4 is 68.9 Å². The molecule has 3 rings (SSSR count). The molecule has 1 N–H and O–H groups in total. The summed E-state index contributed by atoms with van der Waals surface area (Å²) >= 11 is 19.4. The minimum Gasteiger partial charge on any atom is -0.352 e. The van der Waals surface area contributed by atoms with Crippen LogP contribution in [0.3, 0.4) is 0 Å². The standard InChI is InChI=1S/C13H5Cl3N4S/c14-8-3-7(2-1-6(8)5-17)18-11-9(15)4-10(16)12-13(11)20-21-19-12/h1-4,18H. The van der Waals surface area contributed by atoms with Crippen LogP contribution in [0.4, 0.5) is 11.4 Å². The predicted molar refractivity (Wildman–Crippen MR) is 86.9 cm³/mol. The molecule has 8 heteroatoms. The molecule has 0 fully saturated rings. The summed E-state index contributed by atoms with van der Waals surface area (Å²) in [7, 11) is 0. The summed E-state index contributed by atoms with van der Waals surface area (Å²) in [6.45, 7) is 0. The van der Waals surface area contributed by atoms with Crippen molar-refractivity contribution < 1.29 is 0 Å². The van der Waals surface area contributed by atoms with Crippen molar-refractivity contribution in [3.63, 3.8) is 0 Å². The van der Waals surface area contributed by atoms with E-state index in [4.69, 9.17) is 40.1 Å². The number of aromatic nitrogens is 2. The molecule has 4 nitrogen and oxygen atoms in total. The Morgan fingerprint density at radius 3 is 2.48 bits per heavy atom. The van der Waals surface area contributed by atoms with E-state index < -0.39 is 0 Å². The summed E-state index contributed by atoms with van der Waals surface area (Å²) in [5, 5.41) is 13.3. The van der Waals surface area contributed by atoms with E-state index in [0.717, 1.165) is 11.7 Å². The van der Waals surface area contributed by atoms with E-state index in [1.54, 1.807) is 24.3 Å². The largest absolute Gasteiger partial charge is 0.352 e. The molecule has 21 heavy (non-hydrogen) atoms. The van der Waals surface area contributed by atoms with Crippen LogP contribution in [0.15, 0.2) is 24.3 Å². The van der Waals surface area contributed by atoms with Crippen molar-refractivity contribution in [2.75, 3.05) is 5.32 Å². The number of hydrogen-bond donors (Lipinski definition) is 1. The molecule has 0 atom stereocenters. The second-order valence-corrected chi connectivity index (χ2v) is 5.86. The van der Waals surface area contributed by atoms with Crippen LogP contribution in [0, 0.1) is 11.3 Å². The van der Waals surface area contributed by atoms with E-state index in [2.05, 4.69) is 14.1 Å². The third kappa shape index (κ3) is 2.63. The fourth-order valence-electron chi connectivity index (χ4n) is 1.82. The van der Waals surface area contributed by atoms with Crippen LogP contribution in [0.5, 0.6) is 0 Å². The monoisotopic (exact) mass is 354 g/mol. The molecule has 0 saturated heterocycles. The Kier molecular flexibility index (Phi) is 3.87. The van der Waals surface area contributed by atoms with E-state index in [1.165, 1.54) is 0 Å². The predicted octanol–water partition coefficient (Wildman–Crippen LogP) is 5.27. The number of rotatable bonds is 2. The van der Waals surface area contributed by atoms with Crippen molar-refractivity contribution in [2.24, 2.45) is 0 Å². The Morgan fingerprint density at radius 1 is 1.00 bits per heavy atom. The topological polar surface area (TPSA) is 61.6 Å². The molecule has 2 aromatic carbocycles. The van der Waals surface area contributed by atoms with Crippen LogP contribution < -0.4 is 5.32 Å². The van der Waals surface area contributed by atoms with Crippen LogP contribution in [-0.4, -0.2) is 8.75 Å². The highest BCUT2D eigenvalue weighted by molar-refractivity contribution is 7.00. The molecule has 1 aromatic heterocycles. The van der Waals surface area contributed by atoms with Crippen LogP contribution in [0.25, 0.3) is 11.0 Å². The Bertz CT molecular complexity index is 885. The van der Waals surface area contributed by atoms with Gasteiger partial charge < -0.3 is 5.32 Å². The van der Waals surface area contributed by atoms with Crippen molar-refractivity contribution in [3.8, 4) is 6.07 Å². The Labute approximate surface area is 139 Å². The third-order valence-electron chi connectivity index (χ3n) is 2.80. The molecule has 1 heterocycles. The second-order valence-electron chi connectivity index (χ2n) is 4.11. The van der Waals surface area contributed by atoms with Crippen molar-refractivity contribution in [1.29, 1.82) is 5.26 Å². The first kappa shape index (κ1) is 14.4. The lowest BCUT2D eigenvalue weighted by Crippen LogP contribution is -1.94. The van der Waals surface area contributed by atoms with Crippen LogP contribution in [0.2, 0.25) is 15.1 Å². The first-order chi connectivity index (χ1) is 10.1. The van der Waals surface area contributed by atoms with Crippen LogP contribution in [-0.2, 0) is 0 Å². The van der Waals surface area contributed by atoms with Gasteiger partial charge in [0.15, 0.2) is 0 Å². The summed E-state index contributed by atoms with van der Waals surface area (Å²) in [6, 6.07) is 8.63. The first-order valence-corrected chi connectivity index (χ1v) is 7.53. The smallest absolute Gasteiger partial charge is 0.131 e. The zero-order valence-electron chi connectivity index (χ0n) is 10.2. The highest BCUT2D eigenvalue weighted by atomic mass is 35.5. The van der Waals surface area contributed by atoms with Gasteiger partial charge in [-0.1, -0.05) is 34.8 Å². The van der Waals surface area contributed by atoms with Crippen LogP contribution in [0.1, 0.15) is 5.56 Å². The molecule has 0 aliphatic carbocycles. The van der Waals surface area contributed by atoms with Gasteiger partial charge >= 0.3 is 0 Å². The van der Waals surface area contributed by atoms with Gasteiger partial charge in [0.05, 0.1) is 38.0 Å². The molecule has 0 aliphatic heterocycles. The van der Waals surface area contributed by atoms with Crippen molar-refractivity contribution in [1.82, 2.24) is 8.75 Å². The molecular formula is C13H5Cl3N4S. The lowest BCUT2D eigenvalue weighted by Gasteiger charge is -2.10. The quantitative estimate of drug-likeness (QED) is 0.680. The van der Waals surface area contributed by atoms with Gasteiger partial charge in [-0.15, -0.1) is 0 Å². The summed E-state index contributed by atoms with van der Waals surface area (Å²) in [4.78, 5) is 0. The highest BCUT2D eigenvalue weighted by Gasteiger charge is 2.14. The third-order valence-corrected chi connectivity index (χ3v) is 4.23. The fraction of sp³-hybridized carbons (Fsp3) is 0. The van der Waals surface area contributed by atoms with Gasteiger partial charge in [0.25, 0.3) is 0 Å². The summed E-state index contributed by atoms with van der Waals surface area (Å²) in [5.41, 5.74) is 2.89. The van der Waals surface area contributed by atoms with Gasteiger partial charge in [0, 0.05) is 5.69 Å². The lowest BCUT2D eigenvalue weighted by atomic mass is 10.2. The maximum absolute atomic E-state index is 8.88. The van der Waals surface area contributed by atoms with Gasteiger partial charge in [-0.25, -0.2) is 0 Å². The van der Waals surface area contributed by atoms with Crippen LogP contribution >= 0.6 is 46.5 Å². The van der Waals surface area contributed by atoms with Gasteiger partial charge in [0.1, 0.15) is 17.1 Å². The Balaban J connectivity index is 2.08. The molecular weight excluding hydrogens is 351 g/mol. The van der Waals surface area contributed by atoms with E-state index >= 15 is 0 Å². The normalized spacial score (nSPS) is 10.6. The van der Waals surface area contributed by atoms with Gasteiger partial charge in [-0.3, -0.25) is 0 Å². The van der Waals surface area contributed by atoms with Gasteiger partial charge in [-0.2, -0.15) is 14.0 Å². The summed E-state index contributed by atoms with van der Waals surface area (Å²) in [6.07, 6.45) is 0. The lowest BCUT2D eigenvalue weighted by molar-refractivity contribution is 1.47.